The highest BCUT2D eigenvalue weighted by Gasteiger charge is 2.14. The highest BCUT2D eigenvalue weighted by Crippen LogP contribution is 2.45. The van der Waals surface area contributed by atoms with Gasteiger partial charge in [-0.25, -0.2) is 0 Å². The molecule has 0 unspecified atom stereocenters. The van der Waals surface area contributed by atoms with Crippen LogP contribution >= 0.6 is 27.3 Å². The Morgan fingerprint density at radius 1 is 0.636 bits per heavy atom. The number of thiophene rings is 1. The molecule has 0 aliphatic heterocycles. The number of fused-ring (bicyclic) bond motifs is 1. The van der Waals surface area contributed by atoms with Gasteiger partial charge in [0, 0.05) is 20.1 Å². The lowest BCUT2D eigenvalue weighted by atomic mass is 9.98. The minimum atomic E-state index is 1.19. The highest BCUT2D eigenvalue weighted by atomic mass is 79.9. The van der Waals surface area contributed by atoms with Gasteiger partial charge in [0.2, 0.25) is 0 Å². The van der Waals surface area contributed by atoms with Gasteiger partial charge in [-0.2, -0.15) is 0 Å². The predicted octanol–water partition coefficient (Wildman–Crippen LogP) is 7.00. The van der Waals surface area contributed by atoms with Gasteiger partial charge in [-0.3, -0.25) is 0 Å². The molecule has 2 heteroatoms. The first-order chi connectivity index (χ1) is 10.8. The molecular weight excluding hydrogens is 352 g/mol. The zero-order valence-electron chi connectivity index (χ0n) is 11.8. The summed E-state index contributed by atoms with van der Waals surface area (Å²) in [4.78, 5) is 1.29. The molecule has 1 heterocycles. The van der Waals surface area contributed by atoms with Crippen molar-refractivity contribution in [2.24, 2.45) is 0 Å². The lowest BCUT2D eigenvalue weighted by Crippen LogP contribution is -1.82. The van der Waals surface area contributed by atoms with Crippen molar-refractivity contribution in [3.63, 3.8) is 0 Å². The van der Waals surface area contributed by atoms with E-state index in [0.29, 0.717) is 0 Å². The molecule has 4 aromatic rings. The fraction of sp³-hybridized carbons (Fsp3) is 0. The van der Waals surface area contributed by atoms with Crippen LogP contribution in [0.25, 0.3) is 31.7 Å². The molecule has 0 aliphatic rings. The van der Waals surface area contributed by atoms with Crippen LogP contribution in [0.3, 0.4) is 0 Å². The third kappa shape index (κ3) is 2.29. The summed E-state index contributed by atoms with van der Waals surface area (Å²) in [6.45, 7) is 0. The van der Waals surface area contributed by atoms with Crippen LogP contribution in [-0.4, -0.2) is 0 Å². The Labute approximate surface area is 142 Å². The molecule has 0 aliphatic carbocycles. The third-order valence-electron chi connectivity index (χ3n) is 3.79. The standard InChI is InChI=1S/C20H13BrS/c21-19-17-12-6-7-13-18(17)22-20(19)16-11-5-4-10-15(16)14-8-2-1-3-9-14/h1-13H. The Morgan fingerprint density at radius 3 is 2.05 bits per heavy atom. The van der Waals surface area contributed by atoms with Gasteiger partial charge < -0.3 is 0 Å². The molecule has 0 fully saturated rings. The van der Waals surface area contributed by atoms with Crippen LogP contribution in [0, 0.1) is 0 Å². The molecule has 106 valence electrons. The third-order valence-corrected chi connectivity index (χ3v) is 6.08. The van der Waals surface area contributed by atoms with Crippen LogP contribution in [0.2, 0.25) is 0 Å². The fourth-order valence-corrected chi connectivity index (χ4v) is 4.81. The van der Waals surface area contributed by atoms with E-state index in [-0.39, 0.29) is 0 Å². The van der Waals surface area contributed by atoms with Crippen molar-refractivity contribution in [1.82, 2.24) is 0 Å². The lowest BCUT2D eigenvalue weighted by molar-refractivity contribution is 1.61. The molecule has 0 bridgehead atoms. The van der Waals surface area contributed by atoms with E-state index in [1.54, 1.807) is 0 Å². The Hall–Kier alpha value is -1.90. The van der Waals surface area contributed by atoms with Crippen LogP contribution in [-0.2, 0) is 0 Å². The first-order valence-electron chi connectivity index (χ1n) is 7.16. The number of hydrogen-bond donors (Lipinski definition) is 0. The normalized spacial score (nSPS) is 11.0. The molecule has 0 amide bonds. The molecule has 0 atom stereocenters. The Balaban J connectivity index is 1.98. The van der Waals surface area contributed by atoms with E-state index >= 15 is 0 Å². The Kier molecular flexibility index (Phi) is 3.57. The highest BCUT2D eigenvalue weighted by molar-refractivity contribution is 9.10. The zero-order valence-corrected chi connectivity index (χ0v) is 14.2. The molecule has 1 aromatic heterocycles. The SMILES string of the molecule is Brc1c(-c2ccccc2-c2ccccc2)sc2ccccc12. The van der Waals surface area contributed by atoms with Gasteiger partial charge in [0.05, 0.1) is 4.88 Å². The summed E-state index contributed by atoms with van der Waals surface area (Å²) >= 11 is 5.64. The second-order valence-corrected chi connectivity index (χ2v) is 7.00. The van der Waals surface area contributed by atoms with Gasteiger partial charge >= 0.3 is 0 Å². The van der Waals surface area contributed by atoms with E-state index in [4.69, 9.17) is 0 Å². The molecular formula is C20H13BrS. The molecule has 0 radical (unpaired) electrons. The van der Waals surface area contributed by atoms with Crippen LogP contribution < -0.4 is 0 Å². The summed E-state index contributed by atoms with van der Waals surface area (Å²) < 4.78 is 2.50. The van der Waals surface area contributed by atoms with Crippen molar-refractivity contribution in [1.29, 1.82) is 0 Å². The maximum absolute atomic E-state index is 3.81. The first kappa shape index (κ1) is 13.7. The van der Waals surface area contributed by atoms with Crippen LogP contribution in [0.4, 0.5) is 0 Å². The largest absolute Gasteiger partial charge is 0.134 e. The van der Waals surface area contributed by atoms with Crippen molar-refractivity contribution < 1.29 is 0 Å². The van der Waals surface area contributed by atoms with Crippen LogP contribution in [0.5, 0.6) is 0 Å². The van der Waals surface area contributed by atoms with E-state index in [0.717, 1.165) is 0 Å². The summed E-state index contributed by atoms with van der Waals surface area (Å²) in [5, 5.41) is 1.28. The first-order valence-corrected chi connectivity index (χ1v) is 8.77. The summed E-state index contributed by atoms with van der Waals surface area (Å²) in [6.07, 6.45) is 0. The van der Waals surface area contributed by atoms with E-state index in [1.807, 2.05) is 11.3 Å². The van der Waals surface area contributed by atoms with Gasteiger partial charge in [0.25, 0.3) is 0 Å². The molecule has 0 nitrogen and oxygen atoms in total. The van der Waals surface area contributed by atoms with Gasteiger partial charge in [-0.15, -0.1) is 11.3 Å². The average molecular weight is 365 g/mol. The van der Waals surface area contributed by atoms with Crippen LogP contribution in [0.1, 0.15) is 0 Å². The maximum atomic E-state index is 3.81. The van der Waals surface area contributed by atoms with E-state index in [1.165, 1.54) is 36.1 Å². The number of rotatable bonds is 2. The lowest BCUT2D eigenvalue weighted by Gasteiger charge is -2.08. The van der Waals surface area contributed by atoms with Crippen molar-refractivity contribution in [2.75, 3.05) is 0 Å². The van der Waals surface area contributed by atoms with E-state index < -0.39 is 0 Å². The smallest absolute Gasteiger partial charge is 0.0503 e. The molecule has 0 saturated heterocycles. The van der Waals surface area contributed by atoms with Crippen molar-refractivity contribution in [3.05, 3.63) is 83.3 Å². The van der Waals surface area contributed by atoms with Gasteiger partial charge in [0.1, 0.15) is 0 Å². The topological polar surface area (TPSA) is 0 Å². The summed E-state index contributed by atoms with van der Waals surface area (Å²) in [6, 6.07) is 27.7. The molecule has 0 spiro atoms. The van der Waals surface area contributed by atoms with E-state index in [9.17, 15) is 0 Å². The Morgan fingerprint density at radius 2 is 1.27 bits per heavy atom. The minimum Gasteiger partial charge on any atom is -0.134 e. The van der Waals surface area contributed by atoms with Crippen molar-refractivity contribution >= 4 is 37.4 Å². The molecule has 0 saturated carbocycles. The van der Waals surface area contributed by atoms with Gasteiger partial charge in [-0.05, 0) is 33.1 Å². The number of hydrogen-bond acceptors (Lipinski definition) is 1. The minimum absolute atomic E-state index is 1.19. The molecule has 3 aromatic carbocycles. The molecule has 4 rings (SSSR count). The average Bonchev–Trinajstić information content (AvgIpc) is 2.93. The zero-order chi connectivity index (χ0) is 14.9. The quantitative estimate of drug-likeness (QED) is 0.359. The number of halogens is 1. The molecule has 22 heavy (non-hydrogen) atoms. The van der Waals surface area contributed by atoms with Gasteiger partial charge in [-0.1, -0.05) is 72.8 Å². The second-order valence-electron chi connectivity index (χ2n) is 5.15. The van der Waals surface area contributed by atoms with Gasteiger partial charge in [0.15, 0.2) is 0 Å². The summed E-state index contributed by atoms with van der Waals surface area (Å²) in [5.74, 6) is 0. The molecule has 0 N–H and O–H groups in total. The van der Waals surface area contributed by atoms with Crippen molar-refractivity contribution in [3.8, 4) is 21.6 Å². The maximum Gasteiger partial charge on any atom is 0.0503 e. The predicted molar refractivity (Wildman–Crippen MR) is 100 cm³/mol. The number of benzene rings is 3. The fourth-order valence-electron chi connectivity index (χ4n) is 2.74. The summed E-state index contributed by atoms with van der Waals surface area (Å²) in [7, 11) is 0. The van der Waals surface area contributed by atoms with E-state index in [2.05, 4.69) is 94.8 Å². The Bertz CT molecular complexity index is 938. The van der Waals surface area contributed by atoms with Crippen LogP contribution in [0.15, 0.2) is 83.3 Å². The monoisotopic (exact) mass is 364 g/mol. The van der Waals surface area contributed by atoms with Crippen molar-refractivity contribution in [2.45, 2.75) is 0 Å². The summed E-state index contributed by atoms with van der Waals surface area (Å²) in [5.41, 5.74) is 3.81. The second kappa shape index (κ2) is 5.71.